The van der Waals surface area contributed by atoms with E-state index in [1.807, 2.05) is 55.5 Å². The summed E-state index contributed by atoms with van der Waals surface area (Å²) in [5, 5.41) is 2.34. The van der Waals surface area contributed by atoms with Crippen LogP contribution in [0.4, 0.5) is 4.39 Å². The Kier molecular flexibility index (Phi) is 6.84. The topological polar surface area (TPSA) is 0 Å². The quantitative estimate of drug-likeness (QED) is 0.258. The van der Waals surface area contributed by atoms with Gasteiger partial charge in [-0.05, 0) is 84.0 Å². The van der Waals surface area contributed by atoms with Crippen LogP contribution in [0, 0.1) is 5.82 Å². The minimum absolute atomic E-state index is 0.114. The predicted octanol–water partition coefficient (Wildman–Crippen LogP) is 8.59. The molecule has 0 spiro atoms. The molecular formula is C29H26ClF. The first kappa shape index (κ1) is 21.3. The number of hydrogen-bond acceptors (Lipinski definition) is 0. The first-order valence-electron chi connectivity index (χ1n) is 10.8. The largest absolute Gasteiger partial charge is 0.206 e. The Labute approximate surface area is 189 Å². The van der Waals surface area contributed by atoms with Crippen LogP contribution in [0.15, 0.2) is 91.0 Å². The minimum atomic E-state index is -0.114. The van der Waals surface area contributed by atoms with E-state index in [-0.39, 0.29) is 5.82 Å². The molecule has 156 valence electrons. The van der Waals surface area contributed by atoms with Gasteiger partial charge in [-0.2, -0.15) is 0 Å². The molecule has 0 N–H and O–H groups in total. The number of halogens is 2. The fourth-order valence-corrected chi connectivity index (χ4v) is 4.05. The highest BCUT2D eigenvalue weighted by molar-refractivity contribution is 6.30. The lowest BCUT2D eigenvalue weighted by Gasteiger charge is -2.10. The molecule has 4 rings (SSSR count). The van der Waals surface area contributed by atoms with Crippen LogP contribution < -0.4 is 0 Å². The maximum absolute atomic E-state index is 15.1. The molecule has 0 nitrogen and oxygen atoms in total. The van der Waals surface area contributed by atoms with Gasteiger partial charge in [0.2, 0.25) is 0 Å². The number of fused-ring (bicyclic) bond motifs is 1. The molecule has 2 heteroatoms. The number of aryl methyl sites for hydroxylation is 3. The van der Waals surface area contributed by atoms with Crippen molar-refractivity contribution in [1.82, 2.24) is 0 Å². The zero-order valence-corrected chi connectivity index (χ0v) is 18.5. The smallest absolute Gasteiger partial charge is 0.134 e. The van der Waals surface area contributed by atoms with Crippen LogP contribution in [-0.4, -0.2) is 0 Å². The third kappa shape index (κ3) is 5.24. The molecule has 0 aliphatic carbocycles. The Morgan fingerprint density at radius 1 is 0.742 bits per heavy atom. The van der Waals surface area contributed by atoms with Gasteiger partial charge in [0.1, 0.15) is 5.82 Å². The molecule has 0 saturated heterocycles. The average molecular weight is 429 g/mol. The van der Waals surface area contributed by atoms with Gasteiger partial charge in [0.25, 0.3) is 0 Å². The number of benzene rings is 4. The van der Waals surface area contributed by atoms with E-state index >= 15 is 4.39 Å². The summed E-state index contributed by atoms with van der Waals surface area (Å²) in [6.45, 7) is 2.05. The molecule has 0 aliphatic heterocycles. The van der Waals surface area contributed by atoms with Crippen molar-refractivity contribution in [3.8, 4) is 11.1 Å². The van der Waals surface area contributed by atoms with Crippen LogP contribution in [0.25, 0.3) is 21.9 Å². The Morgan fingerprint density at radius 2 is 1.42 bits per heavy atom. The lowest BCUT2D eigenvalue weighted by molar-refractivity contribution is 0.620. The molecule has 0 bridgehead atoms. The van der Waals surface area contributed by atoms with Gasteiger partial charge in [-0.25, -0.2) is 4.39 Å². The van der Waals surface area contributed by atoms with Crippen molar-refractivity contribution in [3.05, 3.63) is 119 Å². The van der Waals surface area contributed by atoms with E-state index in [1.165, 1.54) is 5.56 Å². The Balaban J connectivity index is 1.52. The molecule has 0 amide bonds. The van der Waals surface area contributed by atoms with Crippen molar-refractivity contribution >= 4 is 22.4 Å². The van der Waals surface area contributed by atoms with Crippen molar-refractivity contribution in [3.63, 3.8) is 0 Å². The SMILES string of the molecule is C/C=C/CCc1ccc(-c2ccc3c(F)c(CCc4ccc(Cl)cc4)ccc3c2)cc1. The highest BCUT2D eigenvalue weighted by Crippen LogP contribution is 2.28. The molecule has 0 aliphatic rings. The highest BCUT2D eigenvalue weighted by atomic mass is 35.5. The molecule has 0 heterocycles. The van der Waals surface area contributed by atoms with Crippen LogP contribution in [0.3, 0.4) is 0 Å². The summed E-state index contributed by atoms with van der Waals surface area (Å²) in [6.07, 6.45) is 7.84. The van der Waals surface area contributed by atoms with E-state index in [1.54, 1.807) is 0 Å². The summed E-state index contributed by atoms with van der Waals surface area (Å²) >= 11 is 5.95. The number of rotatable bonds is 7. The third-order valence-corrected chi connectivity index (χ3v) is 6.00. The van der Waals surface area contributed by atoms with E-state index in [4.69, 9.17) is 11.6 Å². The fraction of sp³-hybridized carbons (Fsp3) is 0.172. The Morgan fingerprint density at radius 3 is 2.16 bits per heavy atom. The second-order valence-corrected chi connectivity index (χ2v) is 8.34. The van der Waals surface area contributed by atoms with Crippen molar-refractivity contribution in [2.45, 2.75) is 32.6 Å². The van der Waals surface area contributed by atoms with Gasteiger partial charge in [-0.1, -0.05) is 84.4 Å². The third-order valence-electron chi connectivity index (χ3n) is 5.75. The van der Waals surface area contributed by atoms with E-state index in [2.05, 4.69) is 42.5 Å². The van der Waals surface area contributed by atoms with E-state index < -0.39 is 0 Å². The monoisotopic (exact) mass is 428 g/mol. The van der Waals surface area contributed by atoms with E-state index in [9.17, 15) is 0 Å². The molecule has 0 fully saturated rings. The molecule has 0 aromatic heterocycles. The first-order valence-corrected chi connectivity index (χ1v) is 11.2. The normalized spacial score (nSPS) is 11.5. The van der Waals surface area contributed by atoms with Crippen molar-refractivity contribution in [2.24, 2.45) is 0 Å². The van der Waals surface area contributed by atoms with Gasteiger partial charge in [-0.15, -0.1) is 0 Å². The van der Waals surface area contributed by atoms with E-state index in [0.717, 1.165) is 51.9 Å². The first-order chi connectivity index (χ1) is 15.1. The van der Waals surface area contributed by atoms with Crippen LogP contribution in [0.5, 0.6) is 0 Å². The maximum atomic E-state index is 15.1. The van der Waals surface area contributed by atoms with Gasteiger partial charge >= 0.3 is 0 Å². The summed E-state index contributed by atoms with van der Waals surface area (Å²) in [6, 6.07) is 26.4. The average Bonchev–Trinajstić information content (AvgIpc) is 2.80. The zero-order chi connectivity index (χ0) is 21.6. The molecule has 4 aromatic carbocycles. The predicted molar refractivity (Wildman–Crippen MR) is 131 cm³/mol. The molecular weight excluding hydrogens is 403 g/mol. The van der Waals surface area contributed by atoms with Gasteiger partial charge in [0.15, 0.2) is 0 Å². The van der Waals surface area contributed by atoms with E-state index in [0.29, 0.717) is 11.8 Å². The van der Waals surface area contributed by atoms with Crippen LogP contribution >= 0.6 is 11.6 Å². The fourth-order valence-electron chi connectivity index (χ4n) is 3.92. The van der Waals surface area contributed by atoms with Crippen LogP contribution in [0.1, 0.15) is 30.0 Å². The standard InChI is InChI=1S/C29H26ClF/c1-2-3-4-5-21-6-11-23(12-7-21)25-16-19-28-26(20-25)15-14-24(29(28)31)13-8-22-9-17-27(30)18-10-22/h2-3,6-7,9-12,14-20H,4-5,8,13H2,1H3/b3-2+. The Hall–Kier alpha value is -2.90. The summed E-state index contributed by atoms with van der Waals surface area (Å²) < 4.78 is 15.1. The molecule has 0 saturated carbocycles. The maximum Gasteiger partial charge on any atom is 0.134 e. The minimum Gasteiger partial charge on any atom is -0.206 e. The van der Waals surface area contributed by atoms with Crippen molar-refractivity contribution < 1.29 is 4.39 Å². The second kappa shape index (κ2) is 9.94. The van der Waals surface area contributed by atoms with Gasteiger partial charge in [-0.3, -0.25) is 0 Å². The molecule has 0 atom stereocenters. The number of hydrogen-bond donors (Lipinski definition) is 0. The van der Waals surface area contributed by atoms with Crippen LogP contribution in [-0.2, 0) is 19.3 Å². The van der Waals surface area contributed by atoms with Gasteiger partial charge < -0.3 is 0 Å². The lowest BCUT2D eigenvalue weighted by atomic mass is 9.96. The molecule has 0 unspecified atom stereocenters. The summed E-state index contributed by atoms with van der Waals surface area (Å²) in [5.74, 6) is -0.114. The van der Waals surface area contributed by atoms with Gasteiger partial charge in [0, 0.05) is 10.4 Å². The van der Waals surface area contributed by atoms with Crippen molar-refractivity contribution in [1.29, 1.82) is 0 Å². The summed E-state index contributed by atoms with van der Waals surface area (Å²) in [5.41, 5.74) is 5.51. The Bertz CT molecular complexity index is 1190. The summed E-state index contributed by atoms with van der Waals surface area (Å²) in [4.78, 5) is 0. The zero-order valence-electron chi connectivity index (χ0n) is 17.7. The van der Waals surface area contributed by atoms with Crippen LogP contribution in [0.2, 0.25) is 5.02 Å². The number of allylic oxidation sites excluding steroid dienone is 2. The summed E-state index contributed by atoms with van der Waals surface area (Å²) in [7, 11) is 0. The highest BCUT2D eigenvalue weighted by Gasteiger charge is 2.09. The molecule has 4 aromatic rings. The molecule has 31 heavy (non-hydrogen) atoms. The van der Waals surface area contributed by atoms with Gasteiger partial charge in [0.05, 0.1) is 0 Å². The molecule has 0 radical (unpaired) electrons. The lowest BCUT2D eigenvalue weighted by Crippen LogP contribution is -1.96. The second-order valence-electron chi connectivity index (χ2n) is 7.91. The van der Waals surface area contributed by atoms with Crippen molar-refractivity contribution in [2.75, 3.05) is 0 Å².